The Labute approximate surface area is 130 Å². The highest BCUT2D eigenvalue weighted by atomic mass is 32.2. The maximum Gasteiger partial charge on any atom is 0.330 e. The van der Waals surface area contributed by atoms with Crippen LogP contribution in [0.5, 0.6) is 0 Å². The lowest BCUT2D eigenvalue weighted by atomic mass is 10.1. The minimum atomic E-state index is -3.45. The fraction of sp³-hybridized carbons (Fsp3) is 0.667. The van der Waals surface area contributed by atoms with Gasteiger partial charge in [-0.15, -0.1) is 0 Å². The fourth-order valence-corrected chi connectivity index (χ4v) is 3.84. The summed E-state index contributed by atoms with van der Waals surface area (Å²) in [6.45, 7) is -0.217. The number of aliphatic hydroxyl groups excluding tert-OH is 2. The molecule has 0 radical (unpaired) electrons. The first kappa shape index (κ1) is 16.3. The summed E-state index contributed by atoms with van der Waals surface area (Å²) in [6.07, 6.45) is -2.71. The van der Waals surface area contributed by atoms with Crippen LogP contribution < -0.4 is 16.0 Å². The quantitative estimate of drug-likeness (QED) is 0.450. The Morgan fingerprint density at radius 2 is 2.00 bits per heavy atom. The van der Waals surface area contributed by atoms with Crippen molar-refractivity contribution in [1.29, 1.82) is 0 Å². The summed E-state index contributed by atoms with van der Waals surface area (Å²) < 4.78 is 32.2. The van der Waals surface area contributed by atoms with E-state index in [-0.39, 0.29) is 6.54 Å². The molecule has 0 unspecified atom stereocenters. The van der Waals surface area contributed by atoms with E-state index in [9.17, 15) is 28.2 Å². The molecule has 0 aromatic carbocycles. The largest absolute Gasteiger partial charge is 0.387 e. The average molecular weight is 347 g/mol. The van der Waals surface area contributed by atoms with Crippen molar-refractivity contribution in [2.45, 2.75) is 42.6 Å². The summed E-state index contributed by atoms with van der Waals surface area (Å²) in [5.41, 5.74) is -1.40. The number of hydrogen-bond donors (Lipinski definition) is 4. The Hall–Kier alpha value is -1.53. The topological polar surface area (TPSA) is 151 Å². The maximum absolute atomic E-state index is 11.8. The molecule has 11 heteroatoms. The van der Waals surface area contributed by atoms with E-state index < -0.39 is 51.1 Å². The van der Waals surface area contributed by atoms with Crippen molar-refractivity contribution in [3.8, 4) is 0 Å². The molecule has 3 rings (SSSR count). The molecular weight excluding hydrogens is 330 g/mol. The molecule has 1 aromatic heterocycles. The van der Waals surface area contributed by atoms with Gasteiger partial charge in [0.15, 0.2) is 6.23 Å². The Bertz CT molecular complexity index is 797. The molecule has 2 heterocycles. The number of aromatic amines is 1. The van der Waals surface area contributed by atoms with E-state index in [2.05, 4.69) is 4.72 Å². The molecule has 23 heavy (non-hydrogen) atoms. The summed E-state index contributed by atoms with van der Waals surface area (Å²) >= 11 is 0. The Morgan fingerprint density at radius 3 is 2.61 bits per heavy atom. The number of hydrogen-bond acceptors (Lipinski definition) is 7. The van der Waals surface area contributed by atoms with Gasteiger partial charge in [-0.1, -0.05) is 0 Å². The molecule has 10 nitrogen and oxygen atoms in total. The number of aromatic nitrogens is 2. The van der Waals surface area contributed by atoms with Crippen LogP contribution in [0, 0.1) is 0 Å². The van der Waals surface area contributed by atoms with Gasteiger partial charge in [-0.25, -0.2) is 17.9 Å². The molecule has 4 atom stereocenters. The molecule has 0 spiro atoms. The minimum Gasteiger partial charge on any atom is -0.387 e. The van der Waals surface area contributed by atoms with Crippen LogP contribution in [0.3, 0.4) is 0 Å². The summed E-state index contributed by atoms with van der Waals surface area (Å²) in [6, 6.07) is 1.08. The first-order valence-corrected chi connectivity index (χ1v) is 8.66. The summed E-state index contributed by atoms with van der Waals surface area (Å²) in [7, 11) is -3.45. The van der Waals surface area contributed by atoms with Gasteiger partial charge < -0.3 is 14.9 Å². The van der Waals surface area contributed by atoms with Crippen molar-refractivity contribution in [2.75, 3.05) is 6.54 Å². The summed E-state index contributed by atoms with van der Waals surface area (Å²) in [5, 5.41) is 19.6. The lowest BCUT2D eigenvalue weighted by molar-refractivity contribution is -0.0380. The molecule has 2 fully saturated rings. The van der Waals surface area contributed by atoms with Crippen LogP contribution in [0.1, 0.15) is 19.1 Å². The van der Waals surface area contributed by atoms with Crippen molar-refractivity contribution < 1.29 is 23.4 Å². The Morgan fingerprint density at radius 1 is 1.30 bits per heavy atom. The van der Waals surface area contributed by atoms with Crippen LogP contribution in [-0.2, 0) is 14.8 Å². The number of rotatable bonds is 5. The minimum absolute atomic E-state index is 0.217. The smallest absolute Gasteiger partial charge is 0.330 e. The van der Waals surface area contributed by atoms with Crippen LogP contribution >= 0.6 is 0 Å². The summed E-state index contributed by atoms with van der Waals surface area (Å²) in [4.78, 5) is 24.8. The molecular formula is C12H17N3O7S. The second-order valence-electron chi connectivity index (χ2n) is 5.66. The molecule has 1 saturated carbocycles. The lowest BCUT2D eigenvalue weighted by Gasteiger charge is -2.16. The predicted molar refractivity (Wildman–Crippen MR) is 77.2 cm³/mol. The van der Waals surface area contributed by atoms with Crippen LogP contribution in [0.4, 0.5) is 0 Å². The first-order valence-electron chi connectivity index (χ1n) is 7.11. The number of aliphatic hydroxyl groups is 2. The number of ether oxygens (including phenoxy) is 1. The number of sulfonamides is 1. The number of nitrogens with zero attached hydrogens (tertiary/aromatic N) is 1. The van der Waals surface area contributed by atoms with Gasteiger partial charge in [-0.3, -0.25) is 14.3 Å². The van der Waals surface area contributed by atoms with E-state index in [0.29, 0.717) is 12.8 Å². The standard InChI is InChI=1S/C12H17N3O7S/c16-8-3-4-15(12(19)14-8)11-10(18)9(17)7(22-11)5-13-23(20,21)6-1-2-6/h3-4,6-7,9-11,13,17-18H,1-2,5H2,(H,14,16,19)/t7-,9-,10-,11-/m1/s1. The van der Waals surface area contributed by atoms with Gasteiger partial charge in [0.25, 0.3) is 5.56 Å². The normalized spacial score (nSPS) is 31.4. The Kier molecular flexibility index (Phi) is 4.14. The van der Waals surface area contributed by atoms with Crippen molar-refractivity contribution in [3.05, 3.63) is 33.1 Å². The third kappa shape index (κ3) is 3.23. The number of nitrogens with one attached hydrogen (secondary N) is 2. The third-order valence-corrected chi connectivity index (χ3v) is 5.83. The van der Waals surface area contributed by atoms with E-state index in [0.717, 1.165) is 16.8 Å². The zero-order valence-corrected chi connectivity index (χ0v) is 12.8. The SMILES string of the molecule is O=c1ccn([C@@H]2O[C@H](CNS(=O)(=O)C3CC3)[C@@H](O)[C@H]2O)c(=O)[nH]1. The van der Waals surface area contributed by atoms with Crippen LogP contribution in [0.2, 0.25) is 0 Å². The second kappa shape index (κ2) is 5.83. The van der Waals surface area contributed by atoms with Crippen LogP contribution in [-0.4, -0.2) is 58.3 Å². The maximum atomic E-state index is 11.8. The van der Waals surface area contributed by atoms with E-state index in [1.54, 1.807) is 0 Å². The first-order chi connectivity index (χ1) is 10.8. The molecule has 1 aromatic rings. The molecule has 1 aliphatic heterocycles. The van der Waals surface area contributed by atoms with Crippen molar-refractivity contribution in [1.82, 2.24) is 14.3 Å². The fourth-order valence-electron chi connectivity index (χ4n) is 2.45. The monoisotopic (exact) mass is 347 g/mol. The second-order valence-corrected chi connectivity index (χ2v) is 7.70. The molecule has 128 valence electrons. The van der Waals surface area contributed by atoms with Gasteiger partial charge in [0.05, 0.1) is 5.25 Å². The van der Waals surface area contributed by atoms with Crippen molar-refractivity contribution >= 4 is 10.0 Å². The van der Waals surface area contributed by atoms with Crippen LogP contribution in [0.15, 0.2) is 21.9 Å². The van der Waals surface area contributed by atoms with Crippen LogP contribution in [0.25, 0.3) is 0 Å². The highest BCUT2D eigenvalue weighted by Crippen LogP contribution is 2.30. The average Bonchev–Trinajstić information content (AvgIpc) is 3.29. The number of H-pyrrole nitrogens is 1. The highest BCUT2D eigenvalue weighted by Gasteiger charge is 2.45. The molecule has 4 N–H and O–H groups in total. The highest BCUT2D eigenvalue weighted by molar-refractivity contribution is 7.90. The Balaban J connectivity index is 1.73. The van der Waals surface area contributed by atoms with Crippen molar-refractivity contribution in [3.63, 3.8) is 0 Å². The van der Waals surface area contributed by atoms with Crippen molar-refractivity contribution in [2.24, 2.45) is 0 Å². The molecule has 2 aliphatic rings. The van der Waals surface area contributed by atoms with Gasteiger partial charge in [0.2, 0.25) is 10.0 Å². The van der Waals surface area contributed by atoms with E-state index in [1.807, 2.05) is 4.98 Å². The zero-order valence-electron chi connectivity index (χ0n) is 12.0. The molecule has 1 aliphatic carbocycles. The molecule has 0 amide bonds. The van der Waals surface area contributed by atoms with Gasteiger partial charge in [0.1, 0.15) is 18.3 Å². The summed E-state index contributed by atoms with van der Waals surface area (Å²) in [5.74, 6) is 0. The van der Waals surface area contributed by atoms with Gasteiger partial charge >= 0.3 is 5.69 Å². The lowest BCUT2D eigenvalue weighted by Crippen LogP contribution is -2.41. The molecule has 0 bridgehead atoms. The van der Waals surface area contributed by atoms with E-state index >= 15 is 0 Å². The van der Waals surface area contributed by atoms with E-state index in [1.165, 1.54) is 0 Å². The van der Waals surface area contributed by atoms with E-state index in [4.69, 9.17) is 4.74 Å². The molecule has 1 saturated heterocycles. The van der Waals surface area contributed by atoms with Gasteiger partial charge in [-0.05, 0) is 12.8 Å². The van der Waals surface area contributed by atoms with Gasteiger partial charge in [0, 0.05) is 18.8 Å². The zero-order chi connectivity index (χ0) is 16.8. The third-order valence-electron chi connectivity index (χ3n) is 3.91. The van der Waals surface area contributed by atoms with Gasteiger partial charge in [-0.2, -0.15) is 0 Å². The predicted octanol–water partition coefficient (Wildman–Crippen LogP) is -2.76.